The van der Waals surface area contributed by atoms with Crippen LogP contribution in [0.15, 0.2) is 18.2 Å². The Morgan fingerprint density at radius 1 is 0.833 bits per heavy atom. The normalized spacial score (nSPS) is 12.7. The summed E-state index contributed by atoms with van der Waals surface area (Å²) in [6.45, 7) is 0. The molecule has 24 heavy (non-hydrogen) atoms. The SMILES string of the molecule is O=C1c2c(Cl)ccc(Cl)c2C(=O)c2c(Cl)c(O[N+](=O)[O-])cc(Cl)c21. The van der Waals surface area contributed by atoms with Gasteiger partial charge in [-0.05, 0) is 18.2 Å². The molecule has 0 aliphatic heterocycles. The number of halogens is 4. The van der Waals surface area contributed by atoms with Crippen molar-refractivity contribution in [1.29, 1.82) is 0 Å². The van der Waals surface area contributed by atoms with Gasteiger partial charge in [-0.3, -0.25) is 14.4 Å². The van der Waals surface area contributed by atoms with Crippen LogP contribution in [0.4, 0.5) is 0 Å². The Balaban J connectivity index is 2.37. The molecular formula is C14H3Cl4NO5. The maximum absolute atomic E-state index is 12.8. The molecule has 3 rings (SSSR count). The minimum absolute atomic E-state index is 0.00816. The van der Waals surface area contributed by atoms with Crippen molar-refractivity contribution in [2.24, 2.45) is 0 Å². The van der Waals surface area contributed by atoms with Gasteiger partial charge < -0.3 is 0 Å². The molecule has 0 heterocycles. The molecule has 1 aliphatic rings. The molecular weight excluding hydrogens is 404 g/mol. The molecule has 0 saturated heterocycles. The van der Waals surface area contributed by atoms with Crippen molar-refractivity contribution in [3.63, 3.8) is 0 Å². The first-order valence-corrected chi connectivity index (χ1v) is 7.67. The summed E-state index contributed by atoms with van der Waals surface area (Å²) in [6.07, 6.45) is 0. The molecule has 0 unspecified atom stereocenters. The van der Waals surface area contributed by atoms with Crippen molar-refractivity contribution in [3.8, 4) is 5.75 Å². The van der Waals surface area contributed by atoms with E-state index in [0.29, 0.717) is 0 Å². The summed E-state index contributed by atoms with van der Waals surface area (Å²) >= 11 is 24.1. The van der Waals surface area contributed by atoms with Crippen LogP contribution in [-0.2, 0) is 0 Å². The number of nitrogens with zero attached hydrogens (tertiary/aromatic N) is 1. The second-order valence-corrected chi connectivity index (χ2v) is 6.27. The van der Waals surface area contributed by atoms with Gasteiger partial charge in [0, 0.05) is 0 Å². The Morgan fingerprint density at radius 2 is 1.29 bits per heavy atom. The molecule has 0 bridgehead atoms. The standard InChI is InChI=1S/C14H3Cl4NO5/c15-4-1-2-5(16)9-8(4)13(20)10-6(17)3-7(24-19(22)23)12(18)11(10)14(9)21/h1-3H. The van der Waals surface area contributed by atoms with Gasteiger partial charge in [-0.15, -0.1) is 10.1 Å². The van der Waals surface area contributed by atoms with Crippen LogP contribution in [0.3, 0.4) is 0 Å². The molecule has 1 aliphatic carbocycles. The van der Waals surface area contributed by atoms with Gasteiger partial charge in [0.1, 0.15) is 5.75 Å². The third kappa shape index (κ3) is 2.43. The molecule has 0 aromatic heterocycles. The van der Waals surface area contributed by atoms with Gasteiger partial charge in [0.15, 0.2) is 11.6 Å². The largest absolute Gasteiger partial charge is 0.299 e. The monoisotopic (exact) mass is 405 g/mol. The minimum Gasteiger partial charge on any atom is -0.288 e. The Morgan fingerprint density at radius 3 is 1.79 bits per heavy atom. The van der Waals surface area contributed by atoms with E-state index in [1.807, 2.05) is 0 Å². The smallest absolute Gasteiger partial charge is 0.288 e. The maximum atomic E-state index is 12.8. The van der Waals surface area contributed by atoms with Crippen molar-refractivity contribution in [2.75, 3.05) is 0 Å². The highest BCUT2D eigenvalue weighted by atomic mass is 35.5. The summed E-state index contributed by atoms with van der Waals surface area (Å²) in [7, 11) is 0. The molecule has 0 atom stereocenters. The van der Waals surface area contributed by atoms with Gasteiger partial charge in [0.05, 0.1) is 42.3 Å². The topological polar surface area (TPSA) is 86.5 Å². The quantitative estimate of drug-likeness (QED) is 0.456. The molecule has 0 fully saturated rings. The van der Waals surface area contributed by atoms with Crippen LogP contribution >= 0.6 is 46.4 Å². The van der Waals surface area contributed by atoms with E-state index in [9.17, 15) is 19.7 Å². The molecule has 2 aromatic carbocycles. The summed E-state index contributed by atoms with van der Waals surface area (Å²) in [5.41, 5.74) is -0.762. The molecule has 0 N–H and O–H groups in total. The lowest BCUT2D eigenvalue weighted by atomic mass is 9.83. The van der Waals surface area contributed by atoms with Crippen molar-refractivity contribution in [1.82, 2.24) is 0 Å². The van der Waals surface area contributed by atoms with Gasteiger partial charge in [-0.25, -0.2) is 0 Å². The van der Waals surface area contributed by atoms with E-state index in [-0.39, 0.29) is 37.3 Å². The summed E-state index contributed by atoms with van der Waals surface area (Å²) < 4.78 is 0. The van der Waals surface area contributed by atoms with E-state index in [2.05, 4.69) is 4.84 Å². The Labute approximate surface area is 153 Å². The van der Waals surface area contributed by atoms with E-state index in [1.165, 1.54) is 12.1 Å². The Bertz CT molecular complexity index is 957. The summed E-state index contributed by atoms with van der Waals surface area (Å²) in [5, 5.41) is 8.80. The second-order valence-electron chi connectivity index (χ2n) is 4.67. The molecule has 0 spiro atoms. The lowest BCUT2D eigenvalue weighted by Gasteiger charge is -2.22. The number of rotatable bonds is 2. The van der Waals surface area contributed by atoms with Crippen LogP contribution in [0.25, 0.3) is 0 Å². The highest BCUT2D eigenvalue weighted by Crippen LogP contribution is 2.44. The van der Waals surface area contributed by atoms with Crippen LogP contribution in [0.2, 0.25) is 20.1 Å². The predicted molar refractivity (Wildman–Crippen MR) is 87.4 cm³/mol. The lowest BCUT2D eigenvalue weighted by Crippen LogP contribution is -2.23. The first-order valence-electron chi connectivity index (χ1n) is 6.15. The number of carbonyl (C=O) groups excluding carboxylic acids is 2. The maximum Gasteiger partial charge on any atom is 0.299 e. The number of hydrogen-bond acceptors (Lipinski definition) is 5. The molecule has 10 heteroatoms. The predicted octanol–water partition coefficient (Wildman–Crippen LogP) is 4.65. The molecule has 0 radical (unpaired) electrons. The van der Waals surface area contributed by atoms with Gasteiger partial charge in [-0.1, -0.05) is 46.4 Å². The highest BCUT2D eigenvalue weighted by Gasteiger charge is 2.38. The number of carbonyl (C=O) groups is 2. The van der Waals surface area contributed by atoms with E-state index < -0.39 is 27.4 Å². The van der Waals surface area contributed by atoms with E-state index >= 15 is 0 Å². The number of ketones is 2. The second kappa shape index (κ2) is 5.89. The van der Waals surface area contributed by atoms with Crippen LogP contribution in [0.5, 0.6) is 5.75 Å². The number of fused-ring (bicyclic) bond motifs is 2. The summed E-state index contributed by atoms with van der Waals surface area (Å²) in [4.78, 5) is 40.3. The van der Waals surface area contributed by atoms with E-state index in [1.54, 1.807) is 0 Å². The molecule has 0 saturated carbocycles. The van der Waals surface area contributed by atoms with Crippen LogP contribution in [0.1, 0.15) is 31.8 Å². The first kappa shape index (κ1) is 17.0. The van der Waals surface area contributed by atoms with Crippen LogP contribution in [0, 0.1) is 10.1 Å². The molecule has 0 amide bonds. The average molecular weight is 407 g/mol. The fourth-order valence-electron chi connectivity index (χ4n) is 2.43. The summed E-state index contributed by atoms with van der Waals surface area (Å²) in [5.74, 6) is -1.85. The van der Waals surface area contributed by atoms with Gasteiger partial charge in [0.25, 0.3) is 5.09 Å². The van der Waals surface area contributed by atoms with Crippen LogP contribution in [-0.4, -0.2) is 16.7 Å². The Kier molecular flexibility index (Phi) is 4.17. The molecule has 2 aromatic rings. The van der Waals surface area contributed by atoms with Gasteiger partial charge in [-0.2, -0.15) is 0 Å². The fourth-order valence-corrected chi connectivity index (χ4v) is 3.47. The third-order valence-corrected chi connectivity index (χ3v) is 4.67. The number of benzene rings is 2. The number of hydrogen-bond donors (Lipinski definition) is 0. The highest BCUT2D eigenvalue weighted by molar-refractivity contribution is 6.48. The van der Waals surface area contributed by atoms with Crippen molar-refractivity contribution >= 4 is 58.0 Å². The Hall–Kier alpha value is -1.86. The van der Waals surface area contributed by atoms with Gasteiger partial charge in [0.2, 0.25) is 0 Å². The fraction of sp³-hybridized carbons (Fsp3) is 0. The summed E-state index contributed by atoms with van der Waals surface area (Å²) in [6, 6.07) is 3.71. The zero-order chi connectivity index (χ0) is 17.8. The zero-order valence-corrected chi connectivity index (χ0v) is 14.3. The first-order chi connectivity index (χ1) is 11.2. The minimum atomic E-state index is -1.11. The van der Waals surface area contributed by atoms with Crippen LogP contribution < -0.4 is 4.84 Å². The molecule has 122 valence electrons. The zero-order valence-electron chi connectivity index (χ0n) is 11.2. The molecule has 6 nitrogen and oxygen atoms in total. The van der Waals surface area contributed by atoms with E-state index in [4.69, 9.17) is 46.4 Å². The van der Waals surface area contributed by atoms with Crippen molar-refractivity contribution < 1.29 is 19.5 Å². The third-order valence-electron chi connectivity index (χ3n) is 3.37. The average Bonchev–Trinajstić information content (AvgIpc) is 2.49. The lowest BCUT2D eigenvalue weighted by molar-refractivity contribution is -0.711. The van der Waals surface area contributed by atoms with E-state index in [0.717, 1.165) is 6.07 Å². The van der Waals surface area contributed by atoms with Crippen molar-refractivity contribution in [3.05, 3.63) is 70.7 Å². The van der Waals surface area contributed by atoms with Crippen molar-refractivity contribution in [2.45, 2.75) is 0 Å². The van der Waals surface area contributed by atoms with Gasteiger partial charge >= 0.3 is 0 Å².